The number of hydrogen-bond donors (Lipinski definition) is 1. The highest BCUT2D eigenvalue weighted by atomic mass is 19.1. The summed E-state index contributed by atoms with van der Waals surface area (Å²) in [6, 6.07) is 7.96. The van der Waals surface area contributed by atoms with Crippen molar-refractivity contribution in [3.05, 3.63) is 70.8 Å². The molecule has 2 aromatic rings. The molecule has 0 radical (unpaired) electrons. The number of aliphatic hydroxyl groups is 1. The zero-order valence-electron chi connectivity index (χ0n) is 20.4. The highest BCUT2D eigenvalue weighted by molar-refractivity contribution is 5.94. The van der Waals surface area contributed by atoms with E-state index in [0.29, 0.717) is 24.3 Å². The van der Waals surface area contributed by atoms with Gasteiger partial charge in [-0.3, -0.25) is 9.78 Å². The second-order valence-corrected chi connectivity index (χ2v) is 10.8. The Morgan fingerprint density at radius 1 is 1.26 bits per heavy atom. The van der Waals surface area contributed by atoms with Crippen LogP contribution in [0.1, 0.15) is 79.4 Å². The summed E-state index contributed by atoms with van der Waals surface area (Å²) in [6.07, 6.45) is 10.8. The van der Waals surface area contributed by atoms with E-state index in [1.165, 1.54) is 22.9 Å². The molecule has 0 unspecified atom stereocenters. The smallest absolute Gasteiger partial charge is 0.254 e. The van der Waals surface area contributed by atoms with Crippen molar-refractivity contribution in [2.24, 2.45) is 17.3 Å². The quantitative estimate of drug-likeness (QED) is 0.628. The third-order valence-corrected chi connectivity index (χ3v) is 8.80. The maximum Gasteiger partial charge on any atom is 0.254 e. The van der Waals surface area contributed by atoms with Crippen LogP contribution in [0.4, 0.5) is 4.39 Å². The molecule has 5 heteroatoms. The van der Waals surface area contributed by atoms with Crippen LogP contribution in [0.2, 0.25) is 0 Å². The van der Waals surface area contributed by atoms with Crippen LogP contribution in [0.25, 0.3) is 5.57 Å². The second kappa shape index (κ2) is 8.92. The van der Waals surface area contributed by atoms with Crippen LogP contribution in [-0.2, 0) is 6.42 Å². The molecule has 1 heterocycles. The van der Waals surface area contributed by atoms with Crippen molar-refractivity contribution in [2.45, 2.75) is 64.8 Å². The molecule has 1 amide bonds. The summed E-state index contributed by atoms with van der Waals surface area (Å²) >= 11 is 0. The Labute approximate surface area is 201 Å². The van der Waals surface area contributed by atoms with Crippen LogP contribution >= 0.6 is 0 Å². The van der Waals surface area contributed by atoms with Crippen molar-refractivity contribution in [3.63, 3.8) is 0 Å². The van der Waals surface area contributed by atoms with Gasteiger partial charge in [-0.2, -0.15) is 0 Å². The van der Waals surface area contributed by atoms with Crippen molar-refractivity contribution in [2.75, 3.05) is 13.2 Å². The van der Waals surface area contributed by atoms with Gasteiger partial charge in [-0.05, 0) is 110 Å². The number of aryl methyl sites for hydroxylation is 1. The number of amides is 1. The minimum atomic E-state index is -0.272. The van der Waals surface area contributed by atoms with Crippen molar-refractivity contribution in [3.8, 4) is 0 Å². The van der Waals surface area contributed by atoms with Crippen molar-refractivity contribution >= 4 is 11.5 Å². The molecule has 3 aliphatic carbocycles. The molecule has 3 aliphatic rings. The highest BCUT2D eigenvalue weighted by Gasteiger charge is 2.52. The van der Waals surface area contributed by atoms with Gasteiger partial charge in [-0.25, -0.2) is 4.39 Å². The summed E-state index contributed by atoms with van der Waals surface area (Å²) in [6.45, 7) is 6.67. The van der Waals surface area contributed by atoms with E-state index in [1.54, 1.807) is 17.2 Å². The van der Waals surface area contributed by atoms with Crippen molar-refractivity contribution in [1.82, 2.24) is 9.88 Å². The van der Waals surface area contributed by atoms with E-state index >= 15 is 0 Å². The standard InChI is InChI=1S/C29H35FN2O2/c1-18(2)32(12-13-33)28(34)20-5-6-23-19(14-20)4-7-25-24(23)10-11-29(3)26(8-9-27(25)29)21-15-22(30)17-31-16-21/h5-6,8,14-18,24-25,27,33H,4,7,9-13H2,1-3H3/t24-,25-,27+,29-/m1/s1. The molecule has 180 valence electrons. The van der Waals surface area contributed by atoms with Crippen LogP contribution in [0.15, 0.2) is 42.7 Å². The Balaban J connectivity index is 1.39. The number of halogens is 1. The first-order chi connectivity index (χ1) is 16.3. The Hall–Kier alpha value is -2.53. The lowest BCUT2D eigenvalue weighted by molar-refractivity contribution is 0.0664. The van der Waals surface area contributed by atoms with Gasteiger partial charge in [0.25, 0.3) is 5.91 Å². The van der Waals surface area contributed by atoms with Gasteiger partial charge in [-0.15, -0.1) is 0 Å². The molecule has 0 aliphatic heterocycles. The first-order valence-corrected chi connectivity index (χ1v) is 12.7. The van der Waals surface area contributed by atoms with Crippen molar-refractivity contribution < 1.29 is 14.3 Å². The Morgan fingerprint density at radius 2 is 2.09 bits per heavy atom. The summed E-state index contributed by atoms with van der Waals surface area (Å²) in [5, 5.41) is 9.38. The van der Waals surface area contributed by atoms with Gasteiger partial charge in [0.15, 0.2) is 0 Å². The number of rotatable bonds is 5. The summed E-state index contributed by atoms with van der Waals surface area (Å²) in [4.78, 5) is 19.0. The molecule has 1 N–H and O–H groups in total. The second-order valence-electron chi connectivity index (χ2n) is 10.8. The lowest BCUT2D eigenvalue weighted by Gasteiger charge is -2.50. The van der Waals surface area contributed by atoms with E-state index in [4.69, 9.17) is 0 Å². The van der Waals surface area contributed by atoms with Crippen LogP contribution in [0.5, 0.6) is 0 Å². The number of aliphatic hydroxyl groups excluding tert-OH is 1. The zero-order chi connectivity index (χ0) is 24.0. The first-order valence-electron chi connectivity index (χ1n) is 12.7. The molecule has 1 fully saturated rings. The summed E-state index contributed by atoms with van der Waals surface area (Å²) in [7, 11) is 0. The molecule has 0 spiro atoms. The number of carbonyl (C=O) groups excluding carboxylic acids is 1. The number of aromatic nitrogens is 1. The molecule has 5 rings (SSSR count). The molecule has 1 aromatic heterocycles. The lowest BCUT2D eigenvalue weighted by atomic mass is 9.54. The Bertz CT molecular complexity index is 1130. The first kappa shape index (κ1) is 23.2. The van der Waals surface area contributed by atoms with Gasteiger partial charge in [0, 0.05) is 24.3 Å². The SMILES string of the molecule is CC(C)N(CCO)C(=O)c1ccc2c(c1)CC[C@@H]1[C@@H]2CC[C@]2(C)C(c3cncc(F)c3)=CC[C@@H]12. The largest absolute Gasteiger partial charge is 0.395 e. The number of allylic oxidation sites excluding steroid dienone is 2. The average molecular weight is 463 g/mol. The Morgan fingerprint density at radius 3 is 2.82 bits per heavy atom. The molecule has 4 atom stereocenters. The van der Waals surface area contributed by atoms with E-state index < -0.39 is 0 Å². The lowest BCUT2D eigenvalue weighted by Crippen LogP contribution is -2.41. The summed E-state index contributed by atoms with van der Waals surface area (Å²) in [5.41, 5.74) is 5.71. The number of pyridine rings is 1. The number of fused-ring (bicyclic) bond motifs is 5. The predicted molar refractivity (Wildman–Crippen MR) is 132 cm³/mol. The summed E-state index contributed by atoms with van der Waals surface area (Å²) in [5.74, 6) is 1.40. The zero-order valence-corrected chi connectivity index (χ0v) is 20.4. The number of hydrogen-bond acceptors (Lipinski definition) is 3. The molecular weight excluding hydrogens is 427 g/mol. The van der Waals surface area contributed by atoms with E-state index in [2.05, 4.69) is 30.1 Å². The monoisotopic (exact) mass is 462 g/mol. The van der Waals surface area contributed by atoms with E-state index in [1.807, 2.05) is 19.9 Å². The highest BCUT2D eigenvalue weighted by Crippen LogP contribution is 2.63. The molecule has 0 saturated heterocycles. The van der Waals surface area contributed by atoms with Crippen LogP contribution < -0.4 is 0 Å². The van der Waals surface area contributed by atoms with Crippen LogP contribution in [0.3, 0.4) is 0 Å². The van der Waals surface area contributed by atoms with Crippen LogP contribution in [-0.4, -0.2) is 40.1 Å². The Kier molecular flexibility index (Phi) is 6.09. The molecule has 1 aromatic carbocycles. The van der Waals surface area contributed by atoms with Gasteiger partial charge < -0.3 is 10.0 Å². The molecule has 4 nitrogen and oxygen atoms in total. The fourth-order valence-electron chi connectivity index (χ4n) is 7.16. The van der Waals surface area contributed by atoms with Crippen molar-refractivity contribution in [1.29, 1.82) is 0 Å². The fraction of sp³-hybridized carbons (Fsp3) is 0.517. The van der Waals surface area contributed by atoms with E-state index in [9.17, 15) is 14.3 Å². The minimum absolute atomic E-state index is 0.00136. The predicted octanol–water partition coefficient (Wildman–Crippen LogP) is 5.61. The number of nitrogens with zero attached hydrogens (tertiary/aromatic N) is 2. The summed E-state index contributed by atoms with van der Waals surface area (Å²) < 4.78 is 13.9. The molecular formula is C29H35FN2O2. The molecule has 1 saturated carbocycles. The third kappa shape index (κ3) is 3.78. The fourth-order valence-corrected chi connectivity index (χ4v) is 7.16. The normalized spacial score (nSPS) is 27.6. The van der Waals surface area contributed by atoms with Gasteiger partial charge in [-0.1, -0.05) is 19.1 Å². The van der Waals surface area contributed by atoms with Crippen LogP contribution in [0, 0.1) is 23.1 Å². The molecule has 34 heavy (non-hydrogen) atoms. The van der Waals surface area contributed by atoms with E-state index in [0.717, 1.165) is 43.2 Å². The average Bonchev–Trinajstić information content (AvgIpc) is 3.18. The van der Waals surface area contributed by atoms with Gasteiger partial charge in [0.2, 0.25) is 0 Å². The maximum atomic E-state index is 13.9. The van der Waals surface area contributed by atoms with Gasteiger partial charge >= 0.3 is 0 Å². The van der Waals surface area contributed by atoms with Gasteiger partial charge in [0.05, 0.1) is 12.8 Å². The van der Waals surface area contributed by atoms with E-state index in [-0.39, 0.29) is 29.8 Å². The molecule has 0 bridgehead atoms. The maximum absolute atomic E-state index is 13.9. The number of carbonyl (C=O) groups is 1. The minimum Gasteiger partial charge on any atom is -0.395 e. The number of benzene rings is 1. The third-order valence-electron chi connectivity index (χ3n) is 8.80. The topological polar surface area (TPSA) is 53.4 Å². The van der Waals surface area contributed by atoms with Gasteiger partial charge in [0.1, 0.15) is 5.82 Å².